The first-order valence-electron chi connectivity index (χ1n) is 5.56. The molecular weight excluding hydrogens is 256 g/mol. The van der Waals surface area contributed by atoms with E-state index in [1.54, 1.807) is 6.07 Å². The van der Waals surface area contributed by atoms with Crippen LogP contribution in [0.3, 0.4) is 0 Å². The lowest BCUT2D eigenvalue weighted by molar-refractivity contribution is -0.139. The van der Waals surface area contributed by atoms with Gasteiger partial charge in [-0.25, -0.2) is 9.78 Å². The number of nitrogens with one attached hydrogen (secondary N) is 1. The molecule has 0 saturated heterocycles. The molecule has 0 spiro atoms. The number of carboxylic acid groups (broad SMARTS) is 1. The van der Waals surface area contributed by atoms with Gasteiger partial charge in [-0.05, 0) is 24.5 Å². The van der Waals surface area contributed by atoms with Crippen molar-refractivity contribution in [3.05, 3.63) is 29.0 Å². The van der Waals surface area contributed by atoms with Gasteiger partial charge in [0.25, 0.3) is 5.91 Å². The van der Waals surface area contributed by atoms with Crippen molar-refractivity contribution >= 4 is 23.5 Å². The van der Waals surface area contributed by atoms with E-state index in [-0.39, 0.29) is 16.6 Å². The van der Waals surface area contributed by atoms with Gasteiger partial charge in [-0.1, -0.05) is 25.4 Å². The zero-order chi connectivity index (χ0) is 13.7. The van der Waals surface area contributed by atoms with Crippen molar-refractivity contribution in [3.8, 4) is 0 Å². The Kier molecular flexibility index (Phi) is 5.09. The third-order valence-electron chi connectivity index (χ3n) is 2.31. The molecule has 0 aliphatic heterocycles. The minimum absolute atomic E-state index is 0.0590. The highest BCUT2D eigenvalue weighted by molar-refractivity contribution is 6.32. The molecule has 0 saturated carbocycles. The van der Waals surface area contributed by atoms with Crippen LogP contribution in [0, 0.1) is 5.92 Å². The van der Waals surface area contributed by atoms with Crippen LogP contribution in [0.2, 0.25) is 5.15 Å². The molecule has 0 bridgehead atoms. The molecule has 1 atom stereocenters. The largest absolute Gasteiger partial charge is 0.480 e. The minimum atomic E-state index is -1.06. The molecule has 0 radical (unpaired) electrons. The maximum absolute atomic E-state index is 11.9. The van der Waals surface area contributed by atoms with Gasteiger partial charge in [0.05, 0.1) is 5.56 Å². The Morgan fingerprint density at radius 1 is 1.50 bits per heavy atom. The summed E-state index contributed by atoms with van der Waals surface area (Å²) in [6, 6.07) is 2.14. The van der Waals surface area contributed by atoms with Crippen molar-refractivity contribution < 1.29 is 14.7 Å². The zero-order valence-electron chi connectivity index (χ0n) is 10.2. The zero-order valence-corrected chi connectivity index (χ0v) is 10.9. The number of carbonyl (C=O) groups is 2. The number of amides is 1. The predicted octanol–water partition coefficient (Wildman–Crippen LogP) is 1.96. The van der Waals surface area contributed by atoms with Crippen molar-refractivity contribution in [2.45, 2.75) is 26.3 Å². The van der Waals surface area contributed by atoms with E-state index >= 15 is 0 Å². The average Bonchev–Trinajstić information content (AvgIpc) is 2.27. The molecule has 1 aromatic rings. The van der Waals surface area contributed by atoms with E-state index in [1.165, 1.54) is 12.3 Å². The standard InChI is InChI=1S/C12H15ClN2O3/c1-7(2)6-9(12(17)18)15-11(16)8-4-3-5-14-10(8)13/h3-5,7,9H,6H2,1-2H3,(H,15,16)(H,17,18)/t9-/m0/s1. The number of halogens is 1. The lowest BCUT2D eigenvalue weighted by Crippen LogP contribution is -2.41. The van der Waals surface area contributed by atoms with E-state index in [4.69, 9.17) is 16.7 Å². The second kappa shape index (κ2) is 6.35. The Bertz CT molecular complexity index is 449. The first kappa shape index (κ1) is 14.4. The smallest absolute Gasteiger partial charge is 0.326 e. The molecule has 0 aliphatic carbocycles. The Labute approximate surface area is 110 Å². The quantitative estimate of drug-likeness (QED) is 0.802. The van der Waals surface area contributed by atoms with Gasteiger partial charge in [-0.2, -0.15) is 0 Å². The maximum Gasteiger partial charge on any atom is 0.326 e. The van der Waals surface area contributed by atoms with E-state index < -0.39 is 17.9 Å². The van der Waals surface area contributed by atoms with E-state index in [2.05, 4.69) is 10.3 Å². The van der Waals surface area contributed by atoms with Crippen LogP contribution in [0.15, 0.2) is 18.3 Å². The Morgan fingerprint density at radius 3 is 2.67 bits per heavy atom. The molecule has 5 nitrogen and oxygen atoms in total. The summed E-state index contributed by atoms with van der Waals surface area (Å²) in [5.74, 6) is -1.42. The topological polar surface area (TPSA) is 79.3 Å². The van der Waals surface area contributed by atoms with Crippen LogP contribution in [0.4, 0.5) is 0 Å². The Morgan fingerprint density at radius 2 is 2.17 bits per heavy atom. The van der Waals surface area contributed by atoms with Crippen molar-refractivity contribution in [1.82, 2.24) is 10.3 Å². The van der Waals surface area contributed by atoms with Gasteiger partial charge < -0.3 is 10.4 Å². The van der Waals surface area contributed by atoms with Crippen LogP contribution in [-0.4, -0.2) is 28.0 Å². The first-order valence-corrected chi connectivity index (χ1v) is 5.93. The summed E-state index contributed by atoms with van der Waals surface area (Å²) < 4.78 is 0. The van der Waals surface area contributed by atoms with Gasteiger partial charge >= 0.3 is 5.97 Å². The average molecular weight is 271 g/mol. The summed E-state index contributed by atoms with van der Waals surface area (Å²) >= 11 is 5.77. The highest BCUT2D eigenvalue weighted by atomic mass is 35.5. The Hall–Kier alpha value is -1.62. The van der Waals surface area contributed by atoms with Gasteiger partial charge in [0, 0.05) is 6.20 Å². The number of aromatic nitrogens is 1. The summed E-state index contributed by atoms with van der Waals surface area (Å²) in [6.07, 6.45) is 1.82. The summed E-state index contributed by atoms with van der Waals surface area (Å²) in [5, 5.41) is 11.5. The monoisotopic (exact) mass is 270 g/mol. The number of aliphatic carboxylic acids is 1. The number of carbonyl (C=O) groups excluding carboxylic acids is 1. The third kappa shape index (κ3) is 4.00. The van der Waals surface area contributed by atoms with Crippen molar-refractivity contribution in [3.63, 3.8) is 0 Å². The van der Waals surface area contributed by atoms with Crippen molar-refractivity contribution in [2.24, 2.45) is 5.92 Å². The van der Waals surface area contributed by atoms with Crippen molar-refractivity contribution in [1.29, 1.82) is 0 Å². The molecule has 0 aliphatic rings. The number of rotatable bonds is 5. The van der Waals surface area contributed by atoms with Crippen LogP contribution < -0.4 is 5.32 Å². The van der Waals surface area contributed by atoms with Gasteiger partial charge in [-0.15, -0.1) is 0 Å². The van der Waals surface area contributed by atoms with Crippen LogP contribution in [0.5, 0.6) is 0 Å². The number of nitrogens with zero attached hydrogens (tertiary/aromatic N) is 1. The second-order valence-corrected chi connectivity index (χ2v) is 4.69. The fourth-order valence-corrected chi connectivity index (χ4v) is 1.69. The van der Waals surface area contributed by atoms with Gasteiger partial charge in [-0.3, -0.25) is 4.79 Å². The highest BCUT2D eigenvalue weighted by Crippen LogP contribution is 2.12. The molecule has 1 heterocycles. The predicted molar refractivity (Wildman–Crippen MR) is 67.6 cm³/mol. The van der Waals surface area contributed by atoms with Crippen LogP contribution in [0.25, 0.3) is 0 Å². The lowest BCUT2D eigenvalue weighted by atomic mass is 10.0. The normalized spacial score (nSPS) is 12.2. The molecule has 1 rings (SSSR count). The number of pyridine rings is 1. The second-order valence-electron chi connectivity index (χ2n) is 4.34. The van der Waals surface area contributed by atoms with E-state index in [0.717, 1.165) is 0 Å². The molecule has 2 N–H and O–H groups in total. The molecule has 6 heteroatoms. The fourth-order valence-electron chi connectivity index (χ4n) is 1.48. The van der Waals surface area contributed by atoms with Crippen LogP contribution in [0.1, 0.15) is 30.6 Å². The van der Waals surface area contributed by atoms with E-state index in [1.807, 2.05) is 13.8 Å². The SMILES string of the molecule is CC(C)C[C@H](NC(=O)c1cccnc1Cl)C(=O)O. The molecule has 0 unspecified atom stereocenters. The maximum atomic E-state index is 11.9. The molecule has 98 valence electrons. The highest BCUT2D eigenvalue weighted by Gasteiger charge is 2.22. The summed E-state index contributed by atoms with van der Waals surface area (Å²) in [7, 11) is 0. The van der Waals surface area contributed by atoms with Crippen LogP contribution in [-0.2, 0) is 4.79 Å². The molecule has 0 fully saturated rings. The van der Waals surface area contributed by atoms with Crippen molar-refractivity contribution in [2.75, 3.05) is 0 Å². The summed E-state index contributed by atoms with van der Waals surface area (Å²) in [5.41, 5.74) is 0.175. The molecule has 18 heavy (non-hydrogen) atoms. The summed E-state index contributed by atoms with van der Waals surface area (Å²) in [6.45, 7) is 3.78. The lowest BCUT2D eigenvalue weighted by Gasteiger charge is -2.16. The first-order chi connectivity index (χ1) is 8.41. The fraction of sp³-hybridized carbons (Fsp3) is 0.417. The van der Waals surface area contributed by atoms with E-state index in [0.29, 0.717) is 6.42 Å². The van der Waals surface area contributed by atoms with E-state index in [9.17, 15) is 9.59 Å². The van der Waals surface area contributed by atoms with Gasteiger partial charge in [0.15, 0.2) is 0 Å². The number of hydrogen-bond donors (Lipinski definition) is 2. The molecule has 1 aromatic heterocycles. The minimum Gasteiger partial charge on any atom is -0.480 e. The third-order valence-corrected chi connectivity index (χ3v) is 2.62. The van der Waals surface area contributed by atoms with Gasteiger partial charge in [0.2, 0.25) is 0 Å². The summed E-state index contributed by atoms with van der Waals surface area (Å²) in [4.78, 5) is 26.7. The number of carboxylic acids is 1. The Balaban J connectivity index is 2.79. The molecule has 0 aromatic carbocycles. The van der Waals surface area contributed by atoms with Crippen LogP contribution >= 0.6 is 11.6 Å². The molecule has 1 amide bonds. The number of hydrogen-bond acceptors (Lipinski definition) is 3. The molecular formula is C12H15ClN2O3. The van der Waals surface area contributed by atoms with Gasteiger partial charge in [0.1, 0.15) is 11.2 Å².